The number of aromatic nitrogens is 4. The summed E-state index contributed by atoms with van der Waals surface area (Å²) in [5.74, 6) is -0.180. The number of hydrogen-bond donors (Lipinski definition) is 2. The van der Waals surface area contributed by atoms with Gasteiger partial charge in [0.25, 0.3) is 0 Å². The first kappa shape index (κ1) is 10.3. The number of nitrogens with zero attached hydrogens (tertiary/aromatic N) is 4. The molecule has 84 valence electrons. The van der Waals surface area contributed by atoms with Crippen molar-refractivity contribution in [2.24, 2.45) is 0 Å². The number of carboxylic acids is 1. The van der Waals surface area contributed by atoms with Crippen LogP contribution >= 0.6 is 0 Å². The number of rotatable bonds is 5. The Labute approximate surface area is 91.1 Å². The molecule has 16 heavy (non-hydrogen) atoms. The van der Waals surface area contributed by atoms with E-state index in [1.807, 2.05) is 0 Å². The van der Waals surface area contributed by atoms with Gasteiger partial charge in [0.1, 0.15) is 6.33 Å². The number of nitrogens with one attached hydrogen (secondary N) is 1. The van der Waals surface area contributed by atoms with Crippen molar-refractivity contribution < 1.29 is 9.90 Å². The lowest BCUT2D eigenvalue weighted by Crippen LogP contribution is -2.07. The zero-order valence-corrected chi connectivity index (χ0v) is 8.50. The molecule has 0 aromatic carbocycles. The van der Waals surface area contributed by atoms with Gasteiger partial charge in [-0.3, -0.25) is 9.20 Å². The van der Waals surface area contributed by atoms with Crippen LogP contribution < -0.4 is 5.32 Å². The summed E-state index contributed by atoms with van der Waals surface area (Å²) in [6.07, 6.45) is 5.65. The molecule has 0 aliphatic rings. The summed E-state index contributed by atoms with van der Waals surface area (Å²) in [5, 5.41) is 19.2. The molecule has 2 aromatic rings. The average molecular weight is 221 g/mol. The standard InChI is InChI=1S/C9H11N5O2/c15-7(16)2-1-3-10-8-9-13-12-6-14(9)5-4-11-8/h4-6H,1-3H2,(H,10,11)(H,15,16). The number of fused-ring (bicyclic) bond motifs is 1. The largest absolute Gasteiger partial charge is 0.481 e. The molecular formula is C9H11N5O2. The van der Waals surface area contributed by atoms with Crippen molar-refractivity contribution in [1.82, 2.24) is 19.6 Å². The second-order valence-electron chi connectivity index (χ2n) is 3.26. The average Bonchev–Trinajstić information content (AvgIpc) is 2.72. The lowest BCUT2D eigenvalue weighted by molar-refractivity contribution is -0.137. The van der Waals surface area contributed by atoms with Gasteiger partial charge in [-0.1, -0.05) is 0 Å². The molecule has 0 bridgehead atoms. The van der Waals surface area contributed by atoms with Gasteiger partial charge >= 0.3 is 5.97 Å². The quantitative estimate of drug-likeness (QED) is 0.710. The monoisotopic (exact) mass is 221 g/mol. The van der Waals surface area contributed by atoms with Gasteiger partial charge in [-0.15, -0.1) is 10.2 Å². The van der Waals surface area contributed by atoms with Gasteiger partial charge in [-0.25, -0.2) is 4.98 Å². The molecule has 0 unspecified atom stereocenters. The molecular weight excluding hydrogens is 210 g/mol. The molecule has 0 aliphatic carbocycles. The first-order valence-electron chi connectivity index (χ1n) is 4.87. The molecule has 0 aliphatic heterocycles. The Morgan fingerprint density at radius 3 is 3.25 bits per heavy atom. The Hall–Kier alpha value is -2.18. The lowest BCUT2D eigenvalue weighted by atomic mass is 10.3. The highest BCUT2D eigenvalue weighted by molar-refractivity contribution is 5.66. The third-order valence-corrected chi connectivity index (χ3v) is 2.08. The van der Waals surface area contributed by atoms with Crippen molar-refractivity contribution in [2.45, 2.75) is 12.8 Å². The molecule has 0 spiro atoms. The van der Waals surface area contributed by atoms with Crippen LogP contribution in [0.5, 0.6) is 0 Å². The van der Waals surface area contributed by atoms with E-state index in [9.17, 15) is 4.79 Å². The summed E-state index contributed by atoms with van der Waals surface area (Å²) in [6.45, 7) is 0.547. The first-order chi connectivity index (χ1) is 7.77. The van der Waals surface area contributed by atoms with E-state index in [4.69, 9.17) is 5.11 Å². The Bertz CT molecular complexity index is 495. The molecule has 0 saturated heterocycles. The zero-order chi connectivity index (χ0) is 11.4. The van der Waals surface area contributed by atoms with Crippen LogP contribution in [-0.4, -0.2) is 37.2 Å². The highest BCUT2D eigenvalue weighted by Crippen LogP contribution is 2.09. The molecule has 2 N–H and O–H groups in total. The number of anilines is 1. The van der Waals surface area contributed by atoms with Crippen LogP contribution in [0.4, 0.5) is 5.82 Å². The second-order valence-corrected chi connectivity index (χ2v) is 3.26. The van der Waals surface area contributed by atoms with Crippen molar-refractivity contribution in [3.63, 3.8) is 0 Å². The van der Waals surface area contributed by atoms with E-state index in [0.717, 1.165) is 0 Å². The van der Waals surface area contributed by atoms with Crippen LogP contribution in [-0.2, 0) is 4.79 Å². The Balaban J connectivity index is 1.98. The predicted octanol–water partition coefficient (Wildman–Crippen LogP) is 0.401. The molecule has 0 atom stereocenters. The maximum absolute atomic E-state index is 10.3. The van der Waals surface area contributed by atoms with Crippen LogP contribution in [0.15, 0.2) is 18.7 Å². The zero-order valence-electron chi connectivity index (χ0n) is 8.50. The number of hydrogen-bond acceptors (Lipinski definition) is 5. The number of carbonyl (C=O) groups is 1. The normalized spacial score (nSPS) is 10.5. The molecule has 7 nitrogen and oxygen atoms in total. The van der Waals surface area contributed by atoms with Gasteiger partial charge in [0.15, 0.2) is 5.82 Å². The molecule has 2 heterocycles. The van der Waals surface area contributed by atoms with Crippen LogP contribution in [0.2, 0.25) is 0 Å². The molecule has 2 rings (SSSR count). The van der Waals surface area contributed by atoms with Crippen molar-refractivity contribution in [2.75, 3.05) is 11.9 Å². The summed E-state index contributed by atoms with van der Waals surface area (Å²) in [7, 11) is 0. The highest BCUT2D eigenvalue weighted by atomic mass is 16.4. The molecule has 0 amide bonds. The maximum Gasteiger partial charge on any atom is 0.303 e. The minimum absolute atomic E-state index is 0.142. The van der Waals surface area contributed by atoms with Gasteiger partial charge in [0.2, 0.25) is 5.65 Å². The second kappa shape index (κ2) is 4.56. The molecule has 0 saturated carbocycles. The van der Waals surface area contributed by atoms with Crippen molar-refractivity contribution in [3.8, 4) is 0 Å². The Morgan fingerprint density at radius 1 is 1.56 bits per heavy atom. The van der Waals surface area contributed by atoms with Crippen molar-refractivity contribution in [1.29, 1.82) is 0 Å². The highest BCUT2D eigenvalue weighted by Gasteiger charge is 2.03. The van der Waals surface area contributed by atoms with E-state index in [0.29, 0.717) is 24.4 Å². The Morgan fingerprint density at radius 2 is 2.44 bits per heavy atom. The van der Waals surface area contributed by atoms with E-state index in [2.05, 4.69) is 20.5 Å². The minimum Gasteiger partial charge on any atom is -0.481 e. The van der Waals surface area contributed by atoms with Crippen LogP contribution in [0.1, 0.15) is 12.8 Å². The van der Waals surface area contributed by atoms with Gasteiger partial charge in [0.05, 0.1) is 0 Å². The Kier molecular flexibility index (Phi) is 2.95. The molecule has 2 aromatic heterocycles. The molecule has 0 fully saturated rings. The fourth-order valence-electron chi connectivity index (χ4n) is 1.33. The predicted molar refractivity (Wildman–Crippen MR) is 56.1 cm³/mol. The summed E-state index contributed by atoms with van der Waals surface area (Å²) < 4.78 is 1.74. The SMILES string of the molecule is O=C(O)CCCNc1nccn2cnnc12. The van der Waals surface area contributed by atoms with E-state index < -0.39 is 5.97 Å². The summed E-state index contributed by atoms with van der Waals surface area (Å²) >= 11 is 0. The number of aliphatic carboxylic acids is 1. The third-order valence-electron chi connectivity index (χ3n) is 2.08. The van der Waals surface area contributed by atoms with Gasteiger partial charge < -0.3 is 10.4 Å². The maximum atomic E-state index is 10.3. The van der Waals surface area contributed by atoms with Gasteiger partial charge in [-0.2, -0.15) is 0 Å². The smallest absolute Gasteiger partial charge is 0.303 e. The summed E-state index contributed by atoms with van der Waals surface area (Å²) in [5.41, 5.74) is 0.637. The van der Waals surface area contributed by atoms with Crippen LogP contribution in [0.25, 0.3) is 5.65 Å². The fraction of sp³-hybridized carbons (Fsp3) is 0.333. The van der Waals surface area contributed by atoms with Crippen LogP contribution in [0, 0.1) is 0 Å². The molecule has 0 radical (unpaired) electrons. The van der Waals surface area contributed by atoms with E-state index >= 15 is 0 Å². The van der Waals surface area contributed by atoms with Crippen molar-refractivity contribution in [3.05, 3.63) is 18.7 Å². The van der Waals surface area contributed by atoms with E-state index in [1.165, 1.54) is 0 Å². The van der Waals surface area contributed by atoms with Gasteiger partial charge in [0, 0.05) is 25.4 Å². The third kappa shape index (κ3) is 2.25. The van der Waals surface area contributed by atoms with Gasteiger partial charge in [-0.05, 0) is 6.42 Å². The fourth-order valence-corrected chi connectivity index (χ4v) is 1.33. The first-order valence-corrected chi connectivity index (χ1v) is 4.87. The lowest BCUT2D eigenvalue weighted by Gasteiger charge is -2.04. The topological polar surface area (TPSA) is 92.4 Å². The summed E-state index contributed by atoms with van der Waals surface area (Å²) in [4.78, 5) is 14.4. The number of carboxylic acid groups (broad SMARTS) is 1. The van der Waals surface area contributed by atoms with Crippen molar-refractivity contribution >= 4 is 17.4 Å². The van der Waals surface area contributed by atoms with E-state index in [1.54, 1.807) is 23.1 Å². The minimum atomic E-state index is -0.796. The van der Waals surface area contributed by atoms with Crippen LogP contribution in [0.3, 0.4) is 0 Å². The summed E-state index contributed by atoms with van der Waals surface area (Å²) in [6, 6.07) is 0. The van der Waals surface area contributed by atoms with E-state index in [-0.39, 0.29) is 6.42 Å². The molecule has 7 heteroatoms.